The number of benzene rings is 2. The topological polar surface area (TPSA) is 70.7 Å². The van der Waals surface area contributed by atoms with Crippen LogP contribution in [0.4, 0.5) is 5.69 Å². The molecule has 0 saturated carbocycles. The number of aromatic amines is 1. The number of carbonyl (C=O) groups excluding carboxylic acids is 1. The highest BCUT2D eigenvalue weighted by atomic mass is 35.5. The summed E-state index contributed by atoms with van der Waals surface area (Å²) in [6.45, 7) is 4.04. The van der Waals surface area contributed by atoms with Crippen LogP contribution < -0.4 is 5.32 Å². The fraction of sp³-hybridized carbons (Fsp3) is 0.167. The highest BCUT2D eigenvalue weighted by Crippen LogP contribution is 2.29. The SMILES string of the molecule is Cc1ccc(NC(=O)CSc2n[nH]c(-c3ccc(Cl)cc3Cl)n2)cc1C. The summed E-state index contributed by atoms with van der Waals surface area (Å²) in [7, 11) is 0. The van der Waals surface area contributed by atoms with Gasteiger partial charge in [0.05, 0.1) is 10.8 Å². The molecule has 1 amide bonds. The third-order valence-electron chi connectivity index (χ3n) is 3.77. The van der Waals surface area contributed by atoms with Crippen LogP contribution in [0.1, 0.15) is 11.1 Å². The lowest BCUT2D eigenvalue weighted by Gasteiger charge is -2.06. The Balaban J connectivity index is 1.60. The summed E-state index contributed by atoms with van der Waals surface area (Å²) < 4.78 is 0. The Morgan fingerprint density at radius 1 is 1.15 bits per heavy atom. The molecule has 3 aromatic rings. The van der Waals surface area contributed by atoms with Crippen LogP contribution in [0.2, 0.25) is 10.0 Å². The van der Waals surface area contributed by atoms with Gasteiger partial charge in [0, 0.05) is 16.3 Å². The maximum Gasteiger partial charge on any atom is 0.234 e. The fourth-order valence-electron chi connectivity index (χ4n) is 2.26. The Kier molecular flexibility index (Phi) is 5.86. The van der Waals surface area contributed by atoms with Crippen LogP contribution in [0.25, 0.3) is 11.4 Å². The van der Waals surface area contributed by atoms with Crippen LogP contribution in [0.5, 0.6) is 0 Å². The summed E-state index contributed by atoms with van der Waals surface area (Å²) in [6.07, 6.45) is 0. The zero-order valence-electron chi connectivity index (χ0n) is 14.1. The number of halogens is 2. The molecule has 0 bridgehead atoms. The minimum Gasteiger partial charge on any atom is -0.325 e. The molecule has 0 radical (unpaired) electrons. The molecular weight excluding hydrogens is 391 g/mol. The first kappa shape index (κ1) is 18.8. The maximum absolute atomic E-state index is 12.1. The van der Waals surface area contributed by atoms with Gasteiger partial charge in [0.25, 0.3) is 0 Å². The first-order valence-corrected chi connectivity index (χ1v) is 9.54. The molecule has 2 N–H and O–H groups in total. The van der Waals surface area contributed by atoms with E-state index in [4.69, 9.17) is 23.2 Å². The summed E-state index contributed by atoms with van der Waals surface area (Å²) in [6, 6.07) is 11.0. The fourth-order valence-corrected chi connectivity index (χ4v) is 3.36. The maximum atomic E-state index is 12.1. The number of rotatable bonds is 5. The van der Waals surface area contributed by atoms with Crippen molar-refractivity contribution in [3.05, 3.63) is 57.6 Å². The zero-order valence-corrected chi connectivity index (χ0v) is 16.5. The summed E-state index contributed by atoms with van der Waals surface area (Å²) >= 11 is 13.3. The van der Waals surface area contributed by atoms with E-state index in [9.17, 15) is 4.79 Å². The van der Waals surface area contributed by atoms with Gasteiger partial charge >= 0.3 is 0 Å². The average molecular weight is 407 g/mol. The Labute approximate surface area is 165 Å². The van der Waals surface area contributed by atoms with Gasteiger partial charge < -0.3 is 5.32 Å². The van der Waals surface area contributed by atoms with E-state index in [2.05, 4.69) is 20.5 Å². The van der Waals surface area contributed by atoms with Crippen LogP contribution >= 0.6 is 35.0 Å². The van der Waals surface area contributed by atoms with Gasteiger partial charge in [-0.3, -0.25) is 9.89 Å². The Bertz CT molecular complexity index is 958. The number of hydrogen-bond acceptors (Lipinski definition) is 4. The van der Waals surface area contributed by atoms with Crippen molar-refractivity contribution < 1.29 is 4.79 Å². The van der Waals surface area contributed by atoms with Crippen LogP contribution in [0.3, 0.4) is 0 Å². The number of nitrogens with zero attached hydrogens (tertiary/aromatic N) is 2. The molecule has 0 atom stereocenters. The van der Waals surface area contributed by atoms with Crippen LogP contribution in [0, 0.1) is 13.8 Å². The van der Waals surface area contributed by atoms with Gasteiger partial charge in [-0.15, -0.1) is 5.10 Å². The summed E-state index contributed by atoms with van der Waals surface area (Å²) in [5.74, 6) is 0.622. The predicted octanol–water partition coefficient (Wildman–Crippen LogP) is 5.13. The van der Waals surface area contributed by atoms with Crippen molar-refractivity contribution in [1.29, 1.82) is 0 Å². The number of aromatic nitrogens is 3. The molecule has 1 heterocycles. The molecule has 0 fully saturated rings. The number of aryl methyl sites for hydroxylation is 2. The van der Waals surface area contributed by atoms with Gasteiger partial charge in [0.1, 0.15) is 0 Å². The van der Waals surface area contributed by atoms with Crippen molar-refractivity contribution in [3.63, 3.8) is 0 Å². The Morgan fingerprint density at radius 3 is 2.69 bits per heavy atom. The molecule has 0 spiro atoms. The number of carbonyl (C=O) groups is 1. The number of amides is 1. The quantitative estimate of drug-likeness (QED) is 0.576. The normalized spacial score (nSPS) is 10.8. The largest absolute Gasteiger partial charge is 0.325 e. The molecular formula is C18H16Cl2N4OS. The van der Waals surface area contributed by atoms with E-state index in [0.29, 0.717) is 26.6 Å². The van der Waals surface area contributed by atoms with Gasteiger partial charge in [-0.05, 0) is 55.3 Å². The molecule has 0 aliphatic heterocycles. The van der Waals surface area contributed by atoms with Crippen molar-refractivity contribution in [2.75, 3.05) is 11.1 Å². The zero-order chi connectivity index (χ0) is 18.7. The second-order valence-corrected chi connectivity index (χ2v) is 7.51. The lowest BCUT2D eigenvalue weighted by atomic mass is 10.1. The van der Waals surface area contributed by atoms with E-state index in [-0.39, 0.29) is 11.7 Å². The van der Waals surface area contributed by atoms with Crippen molar-refractivity contribution >= 4 is 46.6 Å². The van der Waals surface area contributed by atoms with E-state index < -0.39 is 0 Å². The lowest BCUT2D eigenvalue weighted by molar-refractivity contribution is -0.113. The molecule has 134 valence electrons. The van der Waals surface area contributed by atoms with Crippen molar-refractivity contribution in [1.82, 2.24) is 15.2 Å². The van der Waals surface area contributed by atoms with E-state index in [1.807, 2.05) is 32.0 Å². The molecule has 3 rings (SSSR count). The number of anilines is 1. The van der Waals surface area contributed by atoms with Gasteiger partial charge in [-0.25, -0.2) is 4.98 Å². The molecule has 2 aromatic carbocycles. The number of thioether (sulfide) groups is 1. The minimum atomic E-state index is -0.117. The minimum absolute atomic E-state index is 0.117. The van der Waals surface area contributed by atoms with E-state index in [1.165, 1.54) is 17.3 Å². The van der Waals surface area contributed by atoms with Crippen molar-refractivity contribution in [3.8, 4) is 11.4 Å². The van der Waals surface area contributed by atoms with Gasteiger partial charge in [-0.1, -0.05) is 41.0 Å². The molecule has 0 aliphatic rings. The van der Waals surface area contributed by atoms with Crippen molar-refractivity contribution in [2.45, 2.75) is 19.0 Å². The average Bonchev–Trinajstić information content (AvgIpc) is 3.05. The standard InChI is InChI=1S/C18H16Cl2N4OS/c1-10-3-5-13(7-11(10)2)21-16(25)9-26-18-22-17(23-24-18)14-6-4-12(19)8-15(14)20/h3-8H,9H2,1-2H3,(H,21,25)(H,22,23,24). The van der Waals surface area contributed by atoms with E-state index in [0.717, 1.165) is 11.3 Å². The van der Waals surface area contributed by atoms with Crippen LogP contribution in [-0.4, -0.2) is 26.8 Å². The summed E-state index contributed by atoms with van der Waals surface area (Å²) in [4.78, 5) is 16.5. The molecule has 0 unspecified atom stereocenters. The first-order chi connectivity index (χ1) is 12.4. The van der Waals surface area contributed by atoms with E-state index >= 15 is 0 Å². The molecule has 8 heteroatoms. The highest BCUT2D eigenvalue weighted by molar-refractivity contribution is 7.99. The second-order valence-electron chi connectivity index (χ2n) is 5.73. The van der Waals surface area contributed by atoms with Gasteiger partial charge in [0.15, 0.2) is 5.82 Å². The summed E-state index contributed by atoms with van der Waals surface area (Å²) in [5, 5.41) is 11.3. The number of hydrogen-bond donors (Lipinski definition) is 2. The van der Waals surface area contributed by atoms with Gasteiger partial charge in [0.2, 0.25) is 11.1 Å². The first-order valence-electron chi connectivity index (χ1n) is 7.80. The molecule has 1 aromatic heterocycles. The number of H-pyrrole nitrogens is 1. The van der Waals surface area contributed by atoms with Gasteiger partial charge in [-0.2, -0.15) is 0 Å². The highest BCUT2D eigenvalue weighted by Gasteiger charge is 2.12. The van der Waals surface area contributed by atoms with E-state index in [1.54, 1.807) is 18.2 Å². The molecule has 0 saturated heterocycles. The monoisotopic (exact) mass is 406 g/mol. The third kappa shape index (κ3) is 4.58. The van der Waals surface area contributed by atoms with Crippen LogP contribution in [-0.2, 0) is 4.79 Å². The molecule has 0 aliphatic carbocycles. The lowest BCUT2D eigenvalue weighted by Crippen LogP contribution is -2.14. The predicted molar refractivity (Wildman–Crippen MR) is 107 cm³/mol. The van der Waals surface area contributed by atoms with Crippen LogP contribution in [0.15, 0.2) is 41.6 Å². The Hall–Kier alpha value is -2.02. The molecule has 26 heavy (non-hydrogen) atoms. The second kappa shape index (κ2) is 8.12. The number of nitrogens with one attached hydrogen (secondary N) is 2. The van der Waals surface area contributed by atoms with Crippen molar-refractivity contribution in [2.24, 2.45) is 0 Å². The molecule has 5 nitrogen and oxygen atoms in total. The smallest absolute Gasteiger partial charge is 0.234 e. The Morgan fingerprint density at radius 2 is 1.96 bits per heavy atom. The summed E-state index contributed by atoms with van der Waals surface area (Å²) in [5.41, 5.74) is 3.80. The third-order valence-corrected chi connectivity index (χ3v) is 5.17.